The smallest absolute Gasteiger partial charge is 0.303 e. The van der Waals surface area contributed by atoms with Crippen molar-refractivity contribution < 1.29 is 24.2 Å². The first-order valence-electron chi connectivity index (χ1n) is 13.3. The Balaban J connectivity index is 1.79. The van der Waals surface area contributed by atoms with Gasteiger partial charge in [-0.25, -0.2) is 0 Å². The van der Waals surface area contributed by atoms with Crippen LogP contribution in [0.2, 0.25) is 0 Å². The molecule has 0 heterocycles. The fourth-order valence-electron chi connectivity index (χ4n) is 6.38. The quantitative estimate of drug-likeness (QED) is 0.320. The number of esters is 2. The molecule has 5 atom stereocenters. The normalized spacial score (nSPS) is 31.9. The lowest BCUT2D eigenvalue weighted by Gasteiger charge is -2.42. The third kappa shape index (κ3) is 6.88. The summed E-state index contributed by atoms with van der Waals surface area (Å²) >= 11 is 0. The molecule has 0 bridgehead atoms. The maximum atomic E-state index is 11.6. The minimum atomic E-state index is -0.781. The molecule has 198 valence electrons. The second-order valence-electron chi connectivity index (χ2n) is 11.6. The van der Waals surface area contributed by atoms with Crippen molar-refractivity contribution in [3.8, 4) is 0 Å². The van der Waals surface area contributed by atoms with E-state index in [1.54, 1.807) is 13.8 Å². The summed E-state index contributed by atoms with van der Waals surface area (Å²) in [4.78, 5) is 23.2. The molecule has 1 unspecified atom stereocenters. The van der Waals surface area contributed by atoms with Gasteiger partial charge in [0.05, 0.1) is 5.60 Å². The molecular formula is C31H44O5. The average molecular weight is 497 g/mol. The molecule has 3 rings (SSSR count). The summed E-state index contributed by atoms with van der Waals surface area (Å²) in [7, 11) is 0. The number of hydrogen-bond acceptors (Lipinski definition) is 5. The van der Waals surface area contributed by atoms with Gasteiger partial charge in [0.2, 0.25) is 0 Å². The van der Waals surface area contributed by atoms with Crippen molar-refractivity contribution in [3.63, 3.8) is 0 Å². The third-order valence-electron chi connectivity index (χ3n) is 8.02. The molecule has 0 amide bonds. The maximum Gasteiger partial charge on any atom is 0.303 e. The highest BCUT2D eigenvalue weighted by Gasteiger charge is 2.45. The van der Waals surface area contributed by atoms with Gasteiger partial charge in [0, 0.05) is 26.7 Å². The molecule has 0 aromatic carbocycles. The molecule has 0 aromatic rings. The highest BCUT2D eigenvalue weighted by atomic mass is 16.6. The van der Waals surface area contributed by atoms with Crippen molar-refractivity contribution in [1.82, 2.24) is 0 Å². The second-order valence-corrected chi connectivity index (χ2v) is 11.6. The van der Waals surface area contributed by atoms with Gasteiger partial charge in [0.25, 0.3) is 0 Å². The van der Waals surface area contributed by atoms with E-state index in [1.807, 2.05) is 6.08 Å². The summed E-state index contributed by atoms with van der Waals surface area (Å²) in [5.41, 5.74) is 4.13. The van der Waals surface area contributed by atoms with Crippen LogP contribution < -0.4 is 0 Å². The summed E-state index contributed by atoms with van der Waals surface area (Å²) in [5.74, 6) is 0.222. The van der Waals surface area contributed by atoms with Crippen molar-refractivity contribution in [2.24, 2.45) is 17.3 Å². The zero-order valence-corrected chi connectivity index (χ0v) is 22.9. The van der Waals surface area contributed by atoms with E-state index in [1.165, 1.54) is 31.4 Å². The third-order valence-corrected chi connectivity index (χ3v) is 8.02. The van der Waals surface area contributed by atoms with Crippen LogP contribution >= 0.6 is 0 Å². The molecule has 3 aliphatic rings. The standard InChI is InChI=1S/C31H44O5/c1-20(10-8-16-30(5,6)34)27-14-15-28-24(11-9-17-31(27,28)7)12-13-25-18-26(35-22(3)32)19-29(21(25)2)36-23(4)33/h8,12-14,16,20,26,28-29,34H,2,9-11,15,17-19H2,1,3-7H3/b16-8+,24-12+,25-13-/t20-,26-,28?,29+,31-/m1/s1. The molecule has 3 aliphatic carbocycles. The molecule has 0 spiro atoms. The number of carbonyl (C=O) groups is 2. The van der Waals surface area contributed by atoms with Gasteiger partial charge in [0.1, 0.15) is 12.2 Å². The molecule has 0 aliphatic heterocycles. The van der Waals surface area contributed by atoms with Crippen LogP contribution in [0.4, 0.5) is 0 Å². The van der Waals surface area contributed by atoms with Gasteiger partial charge in [-0.3, -0.25) is 9.59 Å². The Morgan fingerprint density at radius 2 is 1.94 bits per heavy atom. The van der Waals surface area contributed by atoms with Crippen molar-refractivity contribution in [1.29, 1.82) is 0 Å². The van der Waals surface area contributed by atoms with Crippen LogP contribution in [0.25, 0.3) is 0 Å². The Kier molecular flexibility index (Phi) is 8.87. The van der Waals surface area contributed by atoms with Gasteiger partial charge in [-0.2, -0.15) is 0 Å². The van der Waals surface area contributed by atoms with Crippen LogP contribution in [-0.4, -0.2) is 34.9 Å². The number of ether oxygens (including phenoxy) is 2. The molecule has 2 fully saturated rings. The van der Waals surface area contributed by atoms with E-state index in [2.05, 4.69) is 44.7 Å². The van der Waals surface area contributed by atoms with Gasteiger partial charge >= 0.3 is 11.9 Å². The summed E-state index contributed by atoms with van der Waals surface area (Å²) in [6.45, 7) is 15.3. The van der Waals surface area contributed by atoms with Crippen molar-refractivity contribution in [2.75, 3.05) is 0 Å². The van der Waals surface area contributed by atoms with Gasteiger partial charge < -0.3 is 14.6 Å². The zero-order valence-electron chi connectivity index (χ0n) is 22.9. The van der Waals surface area contributed by atoms with Crippen LogP contribution in [0.1, 0.15) is 86.5 Å². The molecule has 0 radical (unpaired) electrons. The molecule has 5 heteroatoms. The molecule has 2 saturated carbocycles. The number of hydrogen-bond donors (Lipinski definition) is 1. The number of aliphatic hydroxyl groups is 1. The van der Waals surface area contributed by atoms with E-state index in [0.717, 1.165) is 36.8 Å². The minimum Gasteiger partial charge on any atom is -0.462 e. The monoisotopic (exact) mass is 496 g/mol. The molecule has 0 saturated heterocycles. The first-order chi connectivity index (χ1) is 16.8. The predicted octanol–water partition coefficient (Wildman–Crippen LogP) is 6.54. The Labute approximate surface area is 217 Å². The Bertz CT molecular complexity index is 989. The Hall–Kier alpha value is -2.40. The minimum absolute atomic E-state index is 0.148. The lowest BCUT2D eigenvalue weighted by Crippen LogP contribution is -2.33. The molecule has 1 N–H and O–H groups in total. The molecule has 36 heavy (non-hydrogen) atoms. The number of carbonyl (C=O) groups excluding carboxylic acids is 2. The molecule has 0 aromatic heterocycles. The van der Waals surface area contributed by atoms with E-state index >= 15 is 0 Å². The Morgan fingerprint density at radius 3 is 2.58 bits per heavy atom. The predicted molar refractivity (Wildman–Crippen MR) is 143 cm³/mol. The van der Waals surface area contributed by atoms with Crippen LogP contribution in [0.3, 0.4) is 0 Å². The fraction of sp³-hybridized carbons (Fsp3) is 0.613. The van der Waals surface area contributed by atoms with Crippen LogP contribution in [-0.2, 0) is 19.1 Å². The van der Waals surface area contributed by atoms with Gasteiger partial charge in [0.15, 0.2) is 0 Å². The van der Waals surface area contributed by atoms with E-state index in [4.69, 9.17) is 9.47 Å². The highest BCUT2D eigenvalue weighted by molar-refractivity contribution is 5.67. The summed E-state index contributed by atoms with van der Waals surface area (Å²) in [5, 5.41) is 10.0. The van der Waals surface area contributed by atoms with Gasteiger partial charge in [-0.15, -0.1) is 0 Å². The highest BCUT2D eigenvalue weighted by Crippen LogP contribution is 2.57. The van der Waals surface area contributed by atoms with Crippen molar-refractivity contribution >= 4 is 11.9 Å². The number of rotatable bonds is 7. The number of allylic oxidation sites excluding steroid dienone is 6. The summed E-state index contributed by atoms with van der Waals surface area (Å²) in [6, 6.07) is 0. The van der Waals surface area contributed by atoms with Gasteiger partial charge in [-0.1, -0.05) is 62.0 Å². The Morgan fingerprint density at radius 1 is 1.25 bits per heavy atom. The number of fused-ring (bicyclic) bond motifs is 1. The summed E-state index contributed by atoms with van der Waals surface area (Å²) in [6.07, 6.45) is 16.4. The van der Waals surface area contributed by atoms with E-state index in [0.29, 0.717) is 24.7 Å². The first kappa shape index (κ1) is 28.2. The largest absolute Gasteiger partial charge is 0.462 e. The summed E-state index contributed by atoms with van der Waals surface area (Å²) < 4.78 is 11.0. The van der Waals surface area contributed by atoms with Gasteiger partial charge in [-0.05, 0) is 74.3 Å². The lowest BCUT2D eigenvalue weighted by atomic mass is 9.62. The van der Waals surface area contributed by atoms with Crippen molar-refractivity contribution in [2.45, 2.75) is 104 Å². The fourth-order valence-corrected chi connectivity index (χ4v) is 6.38. The van der Waals surface area contributed by atoms with E-state index in [9.17, 15) is 14.7 Å². The lowest BCUT2D eigenvalue weighted by molar-refractivity contribution is -0.152. The average Bonchev–Trinajstić information content (AvgIpc) is 3.10. The second kappa shape index (κ2) is 11.3. The maximum absolute atomic E-state index is 11.6. The molecular weight excluding hydrogens is 452 g/mol. The van der Waals surface area contributed by atoms with Crippen LogP contribution in [0, 0.1) is 17.3 Å². The zero-order chi connectivity index (χ0) is 26.7. The van der Waals surface area contributed by atoms with E-state index < -0.39 is 11.7 Å². The van der Waals surface area contributed by atoms with Crippen LogP contribution in [0.5, 0.6) is 0 Å². The molecule has 5 nitrogen and oxygen atoms in total. The van der Waals surface area contributed by atoms with Crippen LogP contribution in [0.15, 0.2) is 59.3 Å². The van der Waals surface area contributed by atoms with Crippen molar-refractivity contribution in [3.05, 3.63) is 59.3 Å². The first-order valence-corrected chi connectivity index (χ1v) is 13.3. The SMILES string of the molecule is C=C1/C(=C\C=C2/CCC[C@]3(C)C([C@H](C)C/C=C/C(C)(C)O)=CCC23)C[C@@H](OC(C)=O)C[C@@H]1OC(C)=O. The van der Waals surface area contributed by atoms with E-state index in [-0.39, 0.29) is 23.5 Å². The topological polar surface area (TPSA) is 72.8 Å².